The Balaban J connectivity index is 2.09. The van der Waals surface area contributed by atoms with E-state index in [0.717, 1.165) is 6.42 Å². The summed E-state index contributed by atoms with van der Waals surface area (Å²) in [5, 5.41) is 11.1. The van der Waals surface area contributed by atoms with Crippen molar-refractivity contribution in [1.29, 1.82) is 0 Å². The number of rotatable bonds is 9. The van der Waals surface area contributed by atoms with Crippen LogP contribution in [0.1, 0.15) is 6.42 Å². The van der Waals surface area contributed by atoms with Gasteiger partial charge in [-0.25, -0.2) is 8.42 Å². The molecule has 2 N–H and O–H groups in total. The number of benzene rings is 1. The molecule has 0 amide bonds. The van der Waals surface area contributed by atoms with Crippen molar-refractivity contribution >= 4 is 33.3 Å². The van der Waals surface area contributed by atoms with Crippen molar-refractivity contribution in [3.8, 4) is 5.75 Å². The molecule has 0 fully saturated rings. The maximum atomic E-state index is 12.5. The first-order valence-electron chi connectivity index (χ1n) is 7.39. The first kappa shape index (κ1) is 19.2. The number of hydrogen-bond donors (Lipinski definition) is 2. The van der Waals surface area contributed by atoms with Gasteiger partial charge in [0.2, 0.25) is 0 Å². The van der Waals surface area contributed by atoms with Gasteiger partial charge >= 0.3 is 0 Å². The van der Waals surface area contributed by atoms with Crippen molar-refractivity contribution in [1.82, 2.24) is 10.2 Å². The zero-order chi connectivity index (χ0) is 18.3. The van der Waals surface area contributed by atoms with Crippen LogP contribution < -0.4 is 14.8 Å². The molecule has 0 saturated heterocycles. The minimum absolute atomic E-state index is 0.0777. The highest BCUT2D eigenvalue weighted by Gasteiger charge is 2.21. The number of nitrogens with one attached hydrogen (secondary N) is 2. The molecule has 0 aliphatic carbocycles. The summed E-state index contributed by atoms with van der Waals surface area (Å²) in [5.74, 6) is 0.810. The molecule has 0 unspecified atom stereocenters. The maximum absolute atomic E-state index is 12.5. The number of ether oxygens (including phenoxy) is 2. The third-order valence-corrected chi connectivity index (χ3v) is 4.76. The quantitative estimate of drug-likeness (QED) is 0.638. The molecule has 10 heteroatoms. The second-order valence-electron chi connectivity index (χ2n) is 4.98. The highest BCUT2D eigenvalue weighted by molar-refractivity contribution is 7.92. The summed E-state index contributed by atoms with van der Waals surface area (Å²) < 4.78 is 37.4. The molecule has 0 radical (unpaired) electrons. The zero-order valence-electron chi connectivity index (χ0n) is 13.8. The van der Waals surface area contributed by atoms with Crippen LogP contribution in [-0.4, -0.2) is 46.0 Å². The first-order valence-corrected chi connectivity index (χ1v) is 9.25. The van der Waals surface area contributed by atoms with Crippen LogP contribution in [0.25, 0.3) is 0 Å². The van der Waals surface area contributed by atoms with E-state index >= 15 is 0 Å². The van der Waals surface area contributed by atoms with Crippen LogP contribution in [-0.2, 0) is 14.8 Å². The Kier molecular flexibility index (Phi) is 6.80. The third kappa shape index (κ3) is 5.45. The van der Waals surface area contributed by atoms with Gasteiger partial charge in [0.15, 0.2) is 5.82 Å². The largest absolute Gasteiger partial charge is 0.495 e. The van der Waals surface area contributed by atoms with Gasteiger partial charge in [0.05, 0.1) is 7.11 Å². The molecule has 0 saturated carbocycles. The molecule has 25 heavy (non-hydrogen) atoms. The van der Waals surface area contributed by atoms with Gasteiger partial charge in [-0.2, -0.15) is 0 Å². The molecule has 0 aliphatic heterocycles. The van der Waals surface area contributed by atoms with Gasteiger partial charge < -0.3 is 14.8 Å². The Morgan fingerprint density at radius 2 is 1.84 bits per heavy atom. The Bertz CT molecular complexity index is 800. The number of hydrogen-bond acceptors (Lipinski definition) is 7. The molecule has 2 aromatic rings. The molecule has 2 rings (SSSR count). The Labute approximate surface area is 151 Å². The summed E-state index contributed by atoms with van der Waals surface area (Å²) in [5.41, 5.74) is 0. The molecule has 0 aliphatic rings. The van der Waals surface area contributed by atoms with Gasteiger partial charge in [-0.1, -0.05) is 11.6 Å². The van der Waals surface area contributed by atoms with Crippen LogP contribution in [0.3, 0.4) is 0 Å². The Morgan fingerprint density at radius 1 is 1.12 bits per heavy atom. The normalized spacial score (nSPS) is 11.2. The van der Waals surface area contributed by atoms with Crippen molar-refractivity contribution in [3.05, 3.63) is 35.4 Å². The van der Waals surface area contributed by atoms with Crippen molar-refractivity contribution in [3.63, 3.8) is 0 Å². The van der Waals surface area contributed by atoms with Crippen molar-refractivity contribution in [2.45, 2.75) is 11.3 Å². The predicted molar refractivity (Wildman–Crippen MR) is 95.8 cm³/mol. The second kappa shape index (κ2) is 8.84. The molecule has 0 spiro atoms. The molecule has 1 aromatic heterocycles. The summed E-state index contributed by atoms with van der Waals surface area (Å²) in [6, 6.07) is 7.48. The Hall–Kier alpha value is -2.10. The van der Waals surface area contributed by atoms with E-state index in [-0.39, 0.29) is 21.5 Å². The maximum Gasteiger partial charge on any atom is 0.266 e. The highest BCUT2D eigenvalue weighted by Crippen LogP contribution is 2.28. The van der Waals surface area contributed by atoms with Gasteiger partial charge in [0.25, 0.3) is 10.0 Å². The van der Waals surface area contributed by atoms with E-state index < -0.39 is 10.0 Å². The SMILES string of the molecule is COCCCNc1ccc(NS(=O)(=O)c2cc(Cl)ccc2OC)nn1. The molecular weight excluding hydrogens is 368 g/mol. The van der Waals surface area contributed by atoms with Crippen molar-refractivity contribution in [2.75, 3.05) is 37.4 Å². The monoisotopic (exact) mass is 386 g/mol. The number of halogens is 1. The van der Waals surface area contributed by atoms with Gasteiger partial charge in [0.1, 0.15) is 16.5 Å². The van der Waals surface area contributed by atoms with Crippen LogP contribution >= 0.6 is 11.6 Å². The molecule has 8 nitrogen and oxygen atoms in total. The van der Waals surface area contributed by atoms with Gasteiger partial charge in [0, 0.05) is 25.3 Å². The van der Waals surface area contributed by atoms with E-state index in [4.69, 9.17) is 21.1 Å². The number of nitrogens with zero attached hydrogens (tertiary/aromatic N) is 2. The lowest BCUT2D eigenvalue weighted by Gasteiger charge is -2.11. The third-order valence-electron chi connectivity index (χ3n) is 3.15. The van der Waals surface area contributed by atoms with Crippen molar-refractivity contribution in [2.24, 2.45) is 0 Å². The predicted octanol–water partition coefficient (Wildman–Crippen LogP) is 2.39. The summed E-state index contributed by atoms with van der Waals surface area (Å²) >= 11 is 5.88. The zero-order valence-corrected chi connectivity index (χ0v) is 15.4. The summed E-state index contributed by atoms with van der Waals surface area (Å²) in [6.07, 6.45) is 0.821. The number of aromatic nitrogens is 2. The van der Waals surface area contributed by atoms with E-state index in [0.29, 0.717) is 19.0 Å². The van der Waals surface area contributed by atoms with Crippen LogP contribution in [0.2, 0.25) is 5.02 Å². The van der Waals surface area contributed by atoms with Gasteiger partial charge in [-0.15, -0.1) is 10.2 Å². The number of methoxy groups -OCH3 is 2. The lowest BCUT2D eigenvalue weighted by molar-refractivity contribution is 0.197. The number of anilines is 2. The molecule has 1 heterocycles. The van der Waals surface area contributed by atoms with Gasteiger partial charge in [-0.05, 0) is 36.8 Å². The fourth-order valence-corrected chi connectivity index (χ4v) is 3.40. The highest BCUT2D eigenvalue weighted by atomic mass is 35.5. The second-order valence-corrected chi connectivity index (χ2v) is 7.06. The fourth-order valence-electron chi connectivity index (χ4n) is 1.97. The average Bonchev–Trinajstić information content (AvgIpc) is 2.60. The van der Waals surface area contributed by atoms with Crippen LogP contribution in [0.4, 0.5) is 11.6 Å². The summed E-state index contributed by atoms with van der Waals surface area (Å²) in [6.45, 7) is 1.31. The van der Waals surface area contributed by atoms with E-state index in [1.165, 1.54) is 25.3 Å². The lowest BCUT2D eigenvalue weighted by atomic mass is 10.3. The van der Waals surface area contributed by atoms with Crippen LogP contribution in [0.5, 0.6) is 5.75 Å². The fraction of sp³-hybridized carbons (Fsp3) is 0.333. The van der Waals surface area contributed by atoms with E-state index in [2.05, 4.69) is 20.2 Å². The minimum Gasteiger partial charge on any atom is -0.495 e. The topological polar surface area (TPSA) is 102 Å². The van der Waals surface area contributed by atoms with Crippen molar-refractivity contribution < 1.29 is 17.9 Å². The minimum atomic E-state index is -3.91. The summed E-state index contributed by atoms with van der Waals surface area (Å²) in [4.78, 5) is -0.0777. The average molecular weight is 387 g/mol. The molecule has 0 atom stereocenters. The van der Waals surface area contributed by atoms with E-state index in [1.54, 1.807) is 19.2 Å². The Morgan fingerprint density at radius 3 is 2.48 bits per heavy atom. The lowest BCUT2D eigenvalue weighted by Crippen LogP contribution is -2.15. The molecule has 1 aromatic carbocycles. The molecule has 136 valence electrons. The molecular formula is C15H19ClN4O4S. The standard InChI is InChI=1S/C15H19ClN4O4S/c1-23-9-3-8-17-14-6-7-15(19-18-14)20-25(21,22)13-10-11(16)4-5-12(13)24-2/h4-7,10H,3,8-9H2,1-2H3,(H,17,18)(H,19,20). The van der Waals surface area contributed by atoms with Gasteiger partial charge in [-0.3, -0.25) is 4.72 Å². The van der Waals surface area contributed by atoms with E-state index in [1.807, 2.05) is 0 Å². The smallest absolute Gasteiger partial charge is 0.266 e. The van der Waals surface area contributed by atoms with E-state index in [9.17, 15) is 8.42 Å². The van der Waals surface area contributed by atoms with Crippen LogP contribution in [0, 0.1) is 0 Å². The summed E-state index contributed by atoms with van der Waals surface area (Å²) in [7, 11) is -0.899. The first-order chi connectivity index (χ1) is 12.0. The van der Waals surface area contributed by atoms with Crippen LogP contribution in [0.15, 0.2) is 35.2 Å². The molecule has 0 bridgehead atoms. The number of sulfonamides is 1.